The fraction of sp³-hybridized carbons (Fsp3) is 0.647. The van der Waals surface area contributed by atoms with Gasteiger partial charge in [0.15, 0.2) is 0 Å². The van der Waals surface area contributed by atoms with Gasteiger partial charge in [-0.15, -0.1) is 6.42 Å². The third kappa shape index (κ3) is 7.92. The summed E-state index contributed by atoms with van der Waals surface area (Å²) in [5.74, 6) is 1.32. The number of amides is 4. The Morgan fingerprint density at radius 2 is 1.89 bits per heavy atom. The van der Waals surface area contributed by atoms with Gasteiger partial charge in [-0.05, 0) is 70.4 Å². The van der Waals surface area contributed by atoms with Gasteiger partial charge in [-0.2, -0.15) is 0 Å². The predicted octanol–water partition coefficient (Wildman–Crippen LogP) is 3.98. The first-order chi connectivity index (χ1) is 21.4. The standard InChI is InChI=1S/C34H48N4O6.H2/c1-7-20-43-27-21-24-16-11-12-17-25(24)29(27)36-31(40)26-18-13-19-38(26)32(41)28(23-14-9-8-10-15-23)35-30(39)22(2)37(6)33(42)44-34(3,4)5;/h1,11-12,16-17,22-23,26-29H,8-10,13-15,18-21H2,2-6H3,(H,35,39)(H,36,40);1H/t22-,26-,27+,28-,29-;/m0./s1/i6D;1+1. The molecule has 5 atom stereocenters. The van der Waals surface area contributed by atoms with E-state index >= 15 is 0 Å². The number of likely N-dealkylation sites (N-methyl/N-ethyl adjacent to an activating group) is 1. The van der Waals surface area contributed by atoms with Gasteiger partial charge in [-0.1, -0.05) is 49.4 Å². The molecule has 10 heteroatoms. The molecule has 0 unspecified atom stereocenters. The molecular weight excluding hydrogens is 560 g/mol. The Hall–Kier alpha value is -3.58. The van der Waals surface area contributed by atoms with Crippen LogP contribution in [0.4, 0.5) is 4.79 Å². The highest BCUT2D eigenvalue weighted by molar-refractivity contribution is 5.94. The van der Waals surface area contributed by atoms with Crippen molar-refractivity contribution in [2.75, 3.05) is 20.2 Å². The average molecular weight is 613 g/mol. The number of ether oxygens (including phenoxy) is 2. The molecule has 1 aromatic carbocycles. The summed E-state index contributed by atoms with van der Waals surface area (Å²) in [6, 6.07) is 4.91. The maximum atomic E-state index is 14.3. The van der Waals surface area contributed by atoms with Gasteiger partial charge >= 0.3 is 6.09 Å². The molecule has 10 nitrogen and oxygen atoms in total. The Kier molecular flexibility index (Phi) is 10.5. The summed E-state index contributed by atoms with van der Waals surface area (Å²) in [6.45, 7) is 7.21. The smallest absolute Gasteiger partial charge is 0.410 e. The summed E-state index contributed by atoms with van der Waals surface area (Å²) < 4.78 is 19.2. The molecule has 0 radical (unpaired) electrons. The van der Waals surface area contributed by atoms with Crippen LogP contribution in [-0.4, -0.2) is 83.6 Å². The molecule has 1 saturated heterocycles. The van der Waals surface area contributed by atoms with Crippen LogP contribution < -0.4 is 10.6 Å². The van der Waals surface area contributed by atoms with Crippen LogP contribution in [0.1, 0.15) is 92.6 Å². The fourth-order valence-electron chi connectivity index (χ4n) is 6.51. The lowest BCUT2D eigenvalue weighted by atomic mass is 9.83. The lowest BCUT2D eigenvalue weighted by Gasteiger charge is -2.36. The summed E-state index contributed by atoms with van der Waals surface area (Å²) in [5.41, 5.74) is 1.28. The lowest BCUT2D eigenvalue weighted by Crippen LogP contribution is -2.59. The van der Waals surface area contributed by atoms with E-state index in [9.17, 15) is 19.2 Å². The van der Waals surface area contributed by atoms with Crippen LogP contribution in [0.25, 0.3) is 0 Å². The van der Waals surface area contributed by atoms with Crippen molar-refractivity contribution in [1.82, 2.24) is 20.4 Å². The second-order valence-corrected chi connectivity index (χ2v) is 13.1. The molecule has 1 saturated carbocycles. The number of carbonyl (C=O) groups is 4. The van der Waals surface area contributed by atoms with Crippen molar-refractivity contribution < 1.29 is 31.4 Å². The van der Waals surface area contributed by atoms with Crippen LogP contribution in [0.2, 0.25) is 0 Å². The Labute approximate surface area is 264 Å². The van der Waals surface area contributed by atoms with E-state index in [1.807, 2.05) is 24.3 Å². The van der Waals surface area contributed by atoms with E-state index in [0.29, 0.717) is 25.8 Å². The number of hydrogen-bond acceptors (Lipinski definition) is 6. The number of carbonyl (C=O) groups excluding carboxylic acids is 4. The number of rotatable bonds is 9. The minimum atomic E-state index is -1.03. The third-order valence-corrected chi connectivity index (χ3v) is 8.86. The maximum Gasteiger partial charge on any atom is 0.410 e. The summed E-state index contributed by atoms with van der Waals surface area (Å²) in [4.78, 5) is 57.0. The molecule has 2 N–H and O–H groups in total. The molecule has 0 aromatic heterocycles. The van der Waals surface area contributed by atoms with E-state index in [-0.39, 0.29) is 31.9 Å². The SMILES string of the molecule is [2HH].[2H]CN(C(=O)OC(C)(C)C)[C@@H](C)C(=O)N[C@H](C(=O)N1CCC[C@H]1C(=O)N[C@H]1c2ccccc2C[C@H]1OCC#C)C1CCCCC1. The molecule has 242 valence electrons. The molecule has 4 rings (SSSR count). The molecule has 2 fully saturated rings. The van der Waals surface area contributed by atoms with Crippen molar-refractivity contribution in [2.45, 2.75) is 115 Å². The van der Waals surface area contributed by atoms with Crippen LogP contribution >= 0.6 is 0 Å². The zero-order chi connectivity index (χ0) is 32.7. The number of benzene rings is 1. The number of hydrogen-bond donors (Lipinski definition) is 2. The van der Waals surface area contributed by atoms with Gasteiger partial charge in [0, 0.05) is 22.8 Å². The van der Waals surface area contributed by atoms with E-state index in [1.54, 1.807) is 25.7 Å². The highest BCUT2D eigenvalue weighted by Gasteiger charge is 2.43. The number of nitrogens with zero attached hydrogens (tertiary/aromatic N) is 2. The quantitative estimate of drug-likeness (QED) is 0.408. The molecule has 0 bridgehead atoms. The molecule has 44 heavy (non-hydrogen) atoms. The van der Waals surface area contributed by atoms with E-state index in [4.69, 9.17) is 17.3 Å². The summed E-state index contributed by atoms with van der Waals surface area (Å²) >= 11 is 0. The van der Waals surface area contributed by atoms with Crippen LogP contribution in [0.5, 0.6) is 0 Å². The van der Waals surface area contributed by atoms with Gasteiger partial charge in [-0.25, -0.2) is 4.79 Å². The predicted molar refractivity (Wildman–Crippen MR) is 168 cm³/mol. The minimum Gasteiger partial charge on any atom is -0.444 e. The zero-order valence-electron chi connectivity index (χ0n) is 27.5. The van der Waals surface area contributed by atoms with Crippen molar-refractivity contribution in [1.29, 1.82) is 0 Å². The Bertz CT molecular complexity index is 1270. The lowest BCUT2D eigenvalue weighted by molar-refractivity contribution is -0.144. The van der Waals surface area contributed by atoms with E-state index in [2.05, 4.69) is 16.6 Å². The molecule has 4 amide bonds. The van der Waals surface area contributed by atoms with Crippen LogP contribution in [0.15, 0.2) is 24.3 Å². The van der Waals surface area contributed by atoms with E-state index < -0.39 is 48.8 Å². The number of nitrogens with one attached hydrogen (secondary N) is 2. The van der Waals surface area contributed by atoms with E-state index in [0.717, 1.165) is 48.1 Å². The minimum absolute atomic E-state index is 0. The molecule has 0 spiro atoms. The molecular formula is C34H50N4O6. The molecule has 3 aliphatic rings. The molecule has 1 aliphatic heterocycles. The van der Waals surface area contributed by atoms with Crippen molar-refractivity contribution in [3.05, 3.63) is 35.4 Å². The number of fused-ring (bicyclic) bond motifs is 1. The first kappa shape index (κ1) is 31.8. The van der Waals surface area contributed by atoms with Gasteiger partial charge in [-0.3, -0.25) is 19.3 Å². The van der Waals surface area contributed by atoms with Gasteiger partial charge in [0.2, 0.25) is 17.7 Å². The molecule has 1 aromatic rings. The fourth-order valence-corrected chi connectivity index (χ4v) is 6.51. The highest BCUT2D eigenvalue weighted by Crippen LogP contribution is 2.34. The Balaban J connectivity index is 0.00000576. The maximum absolute atomic E-state index is 14.3. The van der Waals surface area contributed by atoms with Crippen molar-refractivity contribution in [2.24, 2.45) is 5.92 Å². The van der Waals surface area contributed by atoms with Gasteiger partial charge < -0.3 is 25.0 Å². The van der Waals surface area contributed by atoms with Gasteiger partial charge in [0.05, 0.1) is 12.1 Å². The van der Waals surface area contributed by atoms with Crippen LogP contribution in [0.3, 0.4) is 0 Å². The summed E-state index contributed by atoms with van der Waals surface area (Å²) in [6.07, 6.45) is 10.7. The summed E-state index contributed by atoms with van der Waals surface area (Å²) in [7, 11) is -0.476. The first-order valence-electron chi connectivity index (χ1n) is 16.5. The van der Waals surface area contributed by atoms with Crippen LogP contribution in [-0.2, 0) is 30.3 Å². The monoisotopic (exact) mass is 612 g/mol. The van der Waals surface area contributed by atoms with E-state index in [1.165, 1.54) is 6.92 Å². The Morgan fingerprint density at radius 3 is 2.57 bits per heavy atom. The topological polar surface area (TPSA) is 117 Å². The average Bonchev–Trinajstić information content (AvgIpc) is 3.63. The van der Waals surface area contributed by atoms with Crippen LogP contribution in [0, 0.1) is 18.3 Å². The Morgan fingerprint density at radius 1 is 1.16 bits per heavy atom. The zero-order valence-corrected chi connectivity index (χ0v) is 26.5. The summed E-state index contributed by atoms with van der Waals surface area (Å²) in [5, 5.41) is 6.10. The van der Waals surface area contributed by atoms with Crippen molar-refractivity contribution in [3.63, 3.8) is 0 Å². The van der Waals surface area contributed by atoms with Gasteiger partial charge in [0.25, 0.3) is 0 Å². The van der Waals surface area contributed by atoms with Crippen molar-refractivity contribution >= 4 is 23.8 Å². The van der Waals surface area contributed by atoms with Gasteiger partial charge in [0.1, 0.15) is 30.3 Å². The second kappa shape index (κ2) is 14.5. The highest BCUT2D eigenvalue weighted by atomic mass is 16.6. The molecule has 2 aliphatic carbocycles. The van der Waals surface area contributed by atoms with Crippen molar-refractivity contribution in [3.8, 4) is 12.3 Å². The third-order valence-electron chi connectivity index (χ3n) is 8.86. The largest absolute Gasteiger partial charge is 0.444 e. The molecule has 1 heterocycles. The number of likely N-dealkylation sites (tertiary alicyclic amines) is 1. The first-order valence-corrected chi connectivity index (χ1v) is 15.8. The number of terminal acetylenes is 1. The normalized spacial score (nSPS) is 23.5. The second-order valence-electron chi connectivity index (χ2n) is 13.1.